The Balaban J connectivity index is 4.27. The number of alkyl halides is 3. The van der Waals surface area contributed by atoms with Crippen LogP contribution >= 0.6 is 0 Å². The van der Waals surface area contributed by atoms with Crippen molar-refractivity contribution in [1.82, 2.24) is 4.90 Å². The molecule has 0 aromatic heterocycles. The topological polar surface area (TPSA) is 20.3 Å². The predicted molar refractivity (Wildman–Crippen MR) is 43.2 cm³/mol. The second-order valence-electron chi connectivity index (χ2n) is 2.79. The molecule has 0 aromatic rings. The Labute approximate surface area is 75.7 Å². The first-order chi connectivity index (χ1) is 5.93. The molecule has 0 saturated carbocycles. The van der Waals surface area contributed by atoms with Gasteiger partial charge in [0, 0.05) is 13.1 Å². The predicted octanol–water partition coefficient (Wildman–Crippen LogP) is 2.20. The van der Waals surface area contributed by atoms with Gasteiger partial charge in [-0.2, -0.15) is 13.2 Å². The molecule has 0 aliphatic carbocycles. The quantitative estimate of drug-likeness (QED) is 0.676. The lowest BCUT2D eigenvalue weighted by atomic mass is 10.3. The minimum Gasteiger partial charge on any atom is -0.335 e. The van der Waals surface area contributed by atoms with Gasteiger partial charge in [0.05, 0.1) is 0 Å². The summed E-state index contributed by atoms with van der Waals surface area (Å²) >= 11 is 0. The summed E-state index contributed by atoms with van der Waals surface area (Å²) in [4.78, 5) is 11.6. The standard InChI is InChI=1S/C8H14F3NO/c1-3-5-12(6-4-2)7(13)8(9,10)11/h3-6H2,1-2H3. The Bertz CT molecular complexity index is 161. The highest BCUT2D eigenvalue weighted by molar-refractivity contribution is 5.81. The molecule has 0 saturated heterocycles. The Hall–Kier alpha value is -0.740. The molecule has 0 radical (unpaired) electrons. The van der Waals surface area contributed by atoms with Gasteiger partial charge in [0.2, 0.25) is 0 Å². The second-order valence-corrected chi connectivity index (χ2v) is 2.79. The first-order valence-electron chi connectivity index (χ1n) is 4.29. The van der Waals surface area contributed by atoms with Crippen molar-refractivity contribution in [3.05, 3.63) is 0 Å². The van der Waals surface area contributed by atoms with E-state index in [-0.39, 0.29) is 13.1 Å². The van der Waals surface area contributed by atoms with E-state index in [4.69, 9.17) is 0 Å². The fourth-order valence-electron chi connectivity index (χ4n) is 1.03. The van der Waals surface area contributed by atoms with Crippen LogP contribution in [0.1, 0.15) is 26.7 Å². The van der Waals surface area contributed by atoms with Crippen molar-refractivity contribution in [2.24, 2.45) is 0 Å². The Morgan fingerprint density at radius 3 is 1.77 bits per heavy atom. The summed E-state index contributed by atoms with van der Waals surface area (Å²) in [7, 11) is 0. The van der Waals surface area contributed by atoms with Crippen molar-refractivity contribution in [3.8, 4) is 0 Å². The Morgan fingerprint density at radius 1 is 1.15 bits per heavy atom. The third-order valence-electron chi connectivity index (χ3n) is 1.52. The summed E-state index contributed by atoms with van der Waals surface area (Å²) in [6.07, 6.45) is -3.64. The molecule has 0 fully saturated rings. The molecule has 0 unspecified atom stereocenters. The van der Waals surface area contributed by atoms with Crippen LogP contribution < -0.4 is 0 Å². The average Bonchev–Trinajstić information content (AvgIpc) is 2.01. The molecule has 13 heavy (non-hydrogen) atoms. The van der Waals surface area contributed by atoms with Gasteiger partial charge in [-0.3, -0.25) is 4.79 Å². The summed E-state index contributed by atoms with van der Waals surface area (Å²) < 4.78 is 35.9. The minimum absolute atomic E-state index is 0.173. The van der Waals surface area contributed by atoms with E-state index in [1.54, 1.807) is 13.8 Å². The van der Waals surface area contributed by atoms with Gasteiger partial charge in [-0.1, -0.05) is 13.8 Å². The number of amides is 1. The van der Waals surface area contributed by atoms with Gasteiger partial charge in [-0.25, -0.2) is 0 Å². The van der Waals surface area contributed by atoms with Crippen LogP contribution in [0.25, 0.3) is 0 Å². The fourth-order valence-corrected chi connectivity index (χ4v) is 1.03. The zero-order valence-electron chi connectivity index (χ0n) is 7.82. The van der Waals surface area contributed by atoms with E-state index in [2.05, 4.69) is 0 Å². The highest BCUT2D eigenvalue weighted by atomic mass is 19.4. The van der Waals surface area contributed by atoms with Crippen LogP contribution in [-0.2, 0) is 4.79 Å². The van der Waals surface area contributed by atoms with Crippen molar-refractivity contribution in [3.63, 3.8) is 0 Å². The maximum atomic E-state index is 12.0. The van der Waals surface area contributed by atoms with Crippen LogP contribution in [0.15, 0.2) is 0 Å². The second kappa shape index (κ2) is 5.09. The average molecular weight is 197 g/mol. The van der Waals surface area contributed by atoms with Crippen LogP contribution in [0, 0.1) is 0 Å². The zero-order chi connectivity index (χ0) is 10.5. The molecule has 78 valence electrons. The molecule has 0 aliphatic rings. The molecular weight excluding hydrogens is 183 g/mol. The molecule has 0 aliphatic heterocycles. The maximum Gasteiger partial charge on any atom is 0.471 e. The number of hydrogen-bond acceptors (Lipinski definition) is 1. The highest BCUT2D eigenvalue weighted by Gasteiger charge is 2.41. The van der Waals surface area contributed by atoms with Gasteiger partial charge in [0.25, 0.3) is 0 Å². The SMILES string of the molecule is CCCN(CCC)C(=O)C(F)(F)F. The van der Waals surface area contributed by atoms with E-state index in [0.29, 0.717) is 12.8 Å². The van der Waals surface area contributed by atoms with Crippen molar-refractivity contribution >= 4 is 5.91 Å². The van der Waals surface area contributed by atoms with Crippen LogP contribution in [0.2, 0.25) is 0 Å². The van der Waals surface area contributed by atoms with Gasteiger partial charge in [0.15, 0.2) is 0 Å². The third kappa shape index (κ3) is 4.15. The third-order valence-corrected chi connectivity index (χ3v) is 1.52. The lowest BCUT2D eigenvalue weighted by molar-refractivity contribution is -0.185. The molecule has 2 nitrogen and oxygen atoms in total. The van der Waals surface area contributed by atoms with Crippen molar-refractivity contribution < 1.29 is 18.0 Å². The fraction of sp³-hybridized carbons (Fsp3) is 0.875. The van der Waals surface area contributed by atoms with E-state index in [0.717, 1.165) is 4.90 Å². The lowest BCUT2D eigenvalue weighted by Gasteiger charge is -2.22. The molecule has 5 heteroatoms. The molecule has 0 atom stereocenters. The highest BCUT2D eigenvalue weighted by Crippen LogP contribution is 2.18. The molecule has 0 aromatic carbocycles. The summed E-state index contributed by atoms with van der Waals surface area (Å²) in [5.41, 5.74) is 0. The van der Waals surface area contributed by atoms with Crippen LogP contribution in [0.3, 0.4) is 0 Å². The molecular formula is C8H14F3NO. The summed E-state index contributed by atoms with van der Waals surface area (Å²) in [5.74, 6) is -1.73. The zero-order valence-corrected chi connectivity index (χ0v) is 7.82. The van der Waals surface area contributed by atoms with Crippen LogP contribution in [-0.4, -0.2) is 30.1 Å². The summed E-state index contributed by atoms with van der Waals surface area (Å²) in [5, 5.41) is 0. The van der Waals surface area contributed by atoms with Crippen molar-refractivity contribution in [2.45, 2.75) is 32.9 Å². The summed E-state index contributed by atoms with van der Waals surface area (Å²) in [6, 6.07) is 0. The van der Waals surface area contributed by atoms with Gasteiger partial charge in [-0.15, -0.1) is 0 Å². The van der Waals surface area contributed by atoms with Crippen molar-refractivity contribution in [1.29, 1.82) is 0 Å². The minimum atomic E-state index is -4.73. The molecule has 1 amide bonds. The normalized spacial score (nSPS) is 11.5. The summed E-state index contributed by atoms with van der Waals surface area (Å²) in [6.45, 7) is 3.83. The molecule has 0 N–H and O–H groups in total. The van der Waals surface area contributed by atoms with Gasteiger partial charge in [-0.05, 0) is 12.8 Å². The van der Waals surface area contributed by atoms with Crippen molar-refractivity contribution in [2.75, 3.05) is 13.1 Å². The van der Waals surface area contributed by atoms with E-state index in [1.807, 2.05) is 0 Å². The maximum absolute atomic E-state index is 12.0. The van der Waals surface area contributed by atoms with Gasteiger partial charge < -0.3 is 4.90 Å². The number of halogens is 3. The molecule has 0 bridgehead atoms. The number of carbonyl (C=O) groups is 1. The number of hydrogen-bond donors (Lipinski definition) is 0. The van der Waals surface area contributed by atoms with Gasteiger partial charge in [0.1, 0.15) is 0 Å². The first kappa shape index (κ1) is 12.3. The smallest absolute Gasteiger partial charge is 0.335 e. The Morgan fingerprint density at radius 2 is 1.54 bits per heavy atom. The Kier molecular flexibility index (Phi) is 4.80. The van der Waals surface area contributed by atoms with E-state index in [9.17, 15) is 18.0 Å². The monoisotopic (exact) mass is 197 g/mol. The number of nitrogens with zero attached hydrogens (tertiary/aromatic N) is 1. The van der Waals surface area contributed by atoms with E-state index < -0.39 is 12.1 Å². The lowest BCUT2D eigenvalue weighted by Crippen LogP contribution is -2.41. The van der Waals surface area contributed by atoms with E-state index in [1.165, 1.54) is 0 Å². The van der Waals surface area contributed by atoms with Gasteiger partial charge >= 0.3 is 12.1 Å². The number of rotatable bonds is 4. The van der Waals surface area contributed by atoms with Crippen LogP contribution in [0.5, 0.6) is 0 Å². The number of carbonyl (C=O) groups excluding carboxylic acids is 1. The van der Waals surface area contributed by atoms with E-state index >= 15 is 0 Å². The van der Waals surface area contributed by atoms with Crippen LogP contribution in [0.4, 0.5) is 13.2 Å². The first-order valence-corrected chi connectivity index (χ1v) is 4.29. The molecule has 0 heterocycles. The molecule has 0 rings (SSSR count). The molecule has 0 spiro atoms. The largest absolute Gasteiger partial charge is 0.471 e.